The summed E-state index contributed by atoms with van der Waals surface area (Å²) in [5.74, 6) is -0.00523. The summed E-state index contributed by atoms with van der Waals surface area (Å²) in [6, 6.07) is 3.74. The van der Waals surface area contributed by atoms with Crippen LogP contribution in [0.1, 0.15) is 26.2 Å². The van der Waals surface area contributed by atoms with Crippen molar-refractivity contribution >= 4 is 27.5 Å². The lowest BCUT2D eigenvalue weighted by Gasteiger charge is -2.07. The van der Waals surface area contributed by atoms with Crippen LogP contribution >= 0.6 is 15.9 Å². The molecule has 0 bridgehead atoms. The number of carbonyl (C=O) groups is 1. The van der Waals surface area contributed by atoms with Gasteiger partial charge in [0.1, 0.15) is 4.60 Å². The van der Waals surface area contributed by atoms with Crippen molar-refractivity contribution in [3.63, 3.8) is 0 Å². The molecule has 0 aromatic carbocycles. The molecule has 0 aliphatic carbocycles. The van der Waals surface area contributed by atoms with Crippen molar-refractivity contribution < 1.29 is 4.79 Å². The minimum Gasteiger partial charge on any atom is -0.328 e. The van der Waals surface area contributed by atoms with E-state index in [0.717, 1.165) is 12.8 Å². The molecule has 1 atom stereocenters. The topological polar surface area (TPSA) is 68.0 Å². The highest BCUT2D eigenvalue weighted by Crippen LogP contribution is 2.18. The fourth-order valence-electron chi connectivity index (χ4n) is 1.28. The molecule has 0 saturated heterocycles. The molecule has 0 spiro atoms. The number of carbonyl (C=O) groups excluding carboxylic acids is 1. The minimum atomic E-state index is -0.00523. The molecular formula is C11H16BrN3O. The second kappa shape index (κ2) is 6.60. The van der Waals surface area contributed by atoms with Crippen LogP contribution in [-0.2, 0) is 4.79 Å². The molecular weight excluding hydrogens is 270 g/mol. The van der Waals surface area contributed by atoms with Crippen molar-refractivity contribution in [2.75, 3.05) is 5.32 Å². The van der Waals surface area contributed by atoms with E-state index in [9.17, 15) is 4.79 Å². The third-order valence-electron chi connectivity index (χ3n) is 2.10. The first-order valence-electron chi connectivity index (χ1n) is 5.25. The zero-order valence-electron chi connectivity index (χ0n) is 9.24. The van der Waals surface area contributed by atoms with Crippen LogP contribution in [0, 0.1) is 0 Å². The van der Waals surface area contributed by atoms with Crippen LogP contribution in [-0.4, -0.2) is 16.9 Å². The fraction of sp³-hybridized carbons (Fsp3) is 0.455. The van der Waals surface area contributed by atoms with E-state index in [1.54, 1.807) is 18.3 Å². The maximum absolute atomic E-state index is 11.5. The second-order valence-corrected chi connectivity index (χ2v) is 4.51. The van der Waals surface area contributed by atoms with Gasteiger partial charge in [-0.05, 0) is 47.8 Å². The Kier molecular flexibility index (Phi) is 5.42. The van der Waals surface area contributed by atoms with E-state index < -0.39 is 0 Å². The summed E-state index contributed by atoms with van der Waals surface area (Å²) in [6.45, 7) is 1.94. The molecule has 1 aromatic heterocycles. The van der Waals surface area contributed by atoms with Gasteiger partial charge in [-0.1, -0.05) is 0 Å². The monoisotopic (exact) mass is 285 g/mol. The smallest absolute Gasteiger partial charge is 0.224 e. The molecule has 88 valence electrons. The zero-order chi connectivity index (χ0) is 12.0. The normalized spacial score (nSPS) is 12.2. The van der Waals surface area contributed by atoms with Crippen molar-refractivity contribution in [2.45, 2.75) is 32.2 Å². The van der Waals surface area contributed by atoms with Gasteiger partial charge in [-0.2, -0.15) is 0 Å². The van der Waals surface area contributed by atoms with Crippen LogP contribution in [0.15, 0.2) is 22.9 Å². The average Bonchev–Trinajstić information content (AvgIpc) is 2.21. The Morgan fingerprint density at radius 1 is 1.69 bits per heavy atom. The summed E-state index contributed by atoms with van der Waals surface area (Å²) in [7, 11) is 0. The largest absolute Gasteiger partial charge is 0.328 e. The molecule has 1 unspecified atom stereocenters. The summed E-state index contributed by atoms with van der Waals surface area (Å²) >= 11 is 3.27. The van der Waals surface area contributed by atoms with E-state index >= 15 is 0 Å². The number of nitrogens with one attached hydrogen (secondary N) is 1. The van der Waals surface area contributed by atoms with Crippen molar-refractivity contribution in [3.05, 3.63) is 22.9 Å². The molecule has 4 nitrogen and oxygen atoms in total. The predicted octanol–water partition coefficient (Wildman–Crippen LogP) is 2.30. The van der Waals surface area contributed by atoms with Crippen LogP contribution in [0.25, 0.3) is 0 Å². The highest BCUT2D eigenvalue weighted by Gasteiger charge is 2.05. The summed E-state index contributed by atoms with van der Waals surface area (Å²) in [6.07, 6.45) is 3.82. The standard InChI is InChI=1S/C11H16BrN3O/c1-8(13)4-2-6-10(16)15-9-5-3-7-14-11(9)12/h3,5,7-8H,2,4,6,13H2,1H3,(H,15,16). The van der Waals surface area contributed by atoms with Gasteiger partial charge in [-0.15, -0.1) is 0 Å². The fourth-order valence-corrected chi connectivity index (χ4v) is 1.63. The van der Waals surface area contributed by atoms with Crippen LogP contribution in [0.4, 0.5) is 5.69 Å². The molecule has 0 radical (unpaired) electrons. The molecule has 16 heavy (non-hydrogen) atoms. The van der Waals surface area contributed by atoms with E-state index in [-0.39, 0.29) is 11.9 Å². The Bertz CT molecular complexity index is 355. The quantitative estimate of drug-likeness (QED) is 0.816. The Morgan fingerprint density at radius 3 is 3.06 bits per heavy atom. The van der Waals surface area contributed by atoms with E-state index in [1.165, 1.54) is 0 Å². The van der Waals surface area contributed by atoms with E-state index in [1.807, 2.05) is 6.92 Å². The number of hydrogen-bond donors (Lipinski definition) is 2. The number of halogens is 1. The van der Waals surface area contributed by atoms with Crippen molar-refractivity contribution in [2.24, 2.45) is 5.73 Å². The zero-order valence-corrected chi connectivity index (χ0v) is 10.8. The van der Waals surface area contributed by atoms with Gasteiger partial charge < -0.3 is 11.1 Å². The van der Waals surface area contributed by atoms with Gasteiger partial charge >= 0.3 is 0 Å². The number of anilines is 1. The highest BCUT2D eigenvalue weighted by atomic mass is 79.9. The molecule has 0 aliphatic heterocycles. The Labute approximate surface area is 104 Å². The number of nitrogens with two attached hydrogens (primary N) is 1. The van der Waals surface area contributed by atoms with Gasteiger partial charge in [0.25, 0.3) is 0 Å². The van der Waals surface area contributed by atoms with Gasteiger partial charge in [0, 0.05) is 18.7 Å². The predicted molar refractivity (Wildman–Crippen MR) is 68.1 cm³/mol. The minimum absolute atomic E-state index is 0.00523. The molecule has 0 fully saturated rings. The number of aromatic nitrogens is 1. The SMILES string of the molecule is CC(N)CCCC(=O)Nc1cccnc1Br. The first-order chi connectivity index (χ1) is 7.59. The molecule has 1 amide bonds. The van der Waals surface area contributed by atoms with Crippen molar-refractivity contribution in [1.82, 2.24) is 4.98 Å². The van der Waals surface area contributed by atoms with Gasteiger partial charge in [0.15, 0.2) is 0 Å². The summed E-state index contributed by atoms with van der Waals surface area (Å²) < 4.78 is 0.649. The molecule has 1 rings (SSSR count). The number of amides is 1. The molecule has 0 saturated carbocycles. The van der Waals surface area contributed by atoms with Gasteiger partial charge in [-0.25, -0.2) is 4.98 Å². The molecule has 1 aromatic rings. The number of pyridine rings is 1. The lowest BCUT2D eigenvalue weighted by atomic mass is 10.1. The second-order valence-electron chi connectivity index (χ2n) is 3.76. The lowest BCUT2D eigenvalue weighted by Crippen LogP contribution is -2.17. The first kappa shape index (κ1) is 13.1. The van der Waals surface area contributed by atoms with Crippen LogP contribution in [0.5, 0.6) is 0 Å². The van der Waals surface area contributed by atoms with E-state index in [4.69, 9.17) is 5.73 Å². The number of hydrogen-bond acceptors (Lipinski definition) is 3. The van der Waals surface area contributed by atoms with Crippen molar-refractivity contribution in [3.8, 4) is 0 Å². The first-order valence-corrected chi connectivity index (χ1v) is 6.05. The molecule has 3 N–H and O–H groups in total. The van der Waals surface area contributed by atoms with E-state index in [2.05, 4.69) is 26.2 Å². The Balaban J connectivity index is 2.37. The highest BCUT2D eigenvalue weighted by molar-refractivity contribution is 9.10. The summed E-state index contributed by atoms with van der Waals surface area (Å²) in [4.78, 5) is 15.6. The Hall–Kier alpha value is -0.940. The molecule has 1 heterocycles. The van der Waals surface area contributed by atoms with Crippen LogP contribution in [0.2, 0.25) is 0 Å². The average molecular weight is 286 g/mol. The van der Waals surface area contributed by atoms with Crippen molar-refractivity contribution in [1.29, 1.82) is 0 Å². The molecule has 5 heteroatoms. The number of rotatable bonds is 5. The summed E-state index contributed by atoms with van der Waals surface area (Å²) in [5, 5.41) is 2.79. The lowest BCUT2D eigenvalue weighted by molar-refractivity contribution is -0.116. The van der Waals surface area contributed by atoms with Crippen LogP contribution < -0.4 is 11.1 Å². The van der Waals surface area contributed by atoms with Gasteiger partial charge in [-0.3, -0.25) is 4.79 Å². The summed E-state index contributed by atoms with van der Waals surface area (Å²) in [5.41, 5.74) is 6.31. The van der Waals surface area contributed by atoms with Gasteiger partial charge in [0.05, 0.1) is 5.69 Å². The van der Waals surface area contributed by atoms with Crippen LogP contribution in [0.3, 0.4) is 0 Å². The maximum Gasteiger partial charge on any atom is 0.224 e. The van der Waals surface area contributed by atoms with E-state index in [0.29, 0.717) is 16.7 Å². The maximum atomic E-state index is 11.5. The molecule has 0 aliphatic rings. The number of nitrogens with zero attached hydrogens (tertiary/aromatic N) is 1. The third kappa shape index (κ3) is 4.72. The van der Waals surface area contributed by atoms with Gasteiger partial charge in [0.2, 0.25) is 5.91 Å². The Morgan fingerprint density at radius 2 is 2.44 bits per heavy atom. The third-order valence-corrected chi connectivity index (χ3v) is 2.73.